The number of fused-ring (bicyclic) bond motifs is 7. The van der Waals surface area contributed by atoms with Crippen molar-refractivity contribution in [1.82, 2.24) is 19.9 Å². The lowest BCUT2D eigenvalue weighted by Crippen LogP contribution is -2.50. The van der Waals surface area contributed by atoms with Gasteiger partial charge in [-0.1, -0.05) is 12.1 Å². The van der Waals surface area contributed by atoms with Gasteiger partial charge in [0.2, 0.25) is 17.7 Å². The number of nitrogens with one attached hydrogen (secondary N) is 1. The van der Waals surface area contributed by atoms with Gasteiger partial charge in [0, 0.05) is 23.6 Å². The normalized spacial score (nSPS) is 26.0. The van der Waals surface area contributed by atoms with Crippen LogP contribution in [0, 0.1) is 17.2 Å². The molecule has 214 valence electrons. The molecule has 0 bridgehead atoms. The van der Waals surface area contributed by atoms with Gasteiger partial charge in [0.25, 0.3) is 0 Å². The quantitative estimate of drug-likeness (QED) is 0.400. The Kier molecular flexibility index (Phi) is 5.52. The van der Waals surface area contributed by atoms with Crippen molar-refractivity contribution in [3.8, 4) is 6.07 Å². The van der Waals surface area contributed by atoms with Gasteiger partial charge in [0.05, 0.1) is 18.0 Å². The minimum absolute atomic E-state index is 0.0732. The van der Waals surface area contributed by atoms with Crippen LogP contribution < -0.4 is 22.5 Å². The highest BCUT2D eigenvalue weighted by molar-refractivity contribution is 5.94. The number of piperidine rings is 1. The van der Waals surface area contributed by atoms with Gasteiger partial charge in [0.1, 0.15) is 11.7 Å². The second-order valence-electron chi connectivity index (χ2n) is 12.0. The number of nitrogens with two attached hydrogens (primary N) is 2. The van der Waals surface area contributed by atoms with Gasteiger partial charge in [-0.05, 0) is 85.0 Å². The summed E-state index contributed by atoms with van der Waals surface area (Å²) in [4.78, 5) is 56.3. The molecule has 7 rings (SSSR count). The molecule has 12 heteroatoms. The molecule has 1 unspecified atom stereocenters. The molecule has 2 aromatic carbocycles. The lowest BCUT2D eigenvalue weighted by molar-refractivity contribution is -0.132. The highest BCUT2D eigenvalue weighted by Crippen LogP contribution is 2.54. The molecule has 1 saturated carbocycles. The largest absolute Gasteiger partial charge is 0.460 e. The Bertz CT molecular complexity index is 1740. The molecule has 1 aromatic heterocycles. The molecule has 3 heterocycles. The van der Waals surface area contributed by atoms with Gasteiger partial charge in [-0.2, -0.15) is 15.0 Å². The van der Waals surface area contributed by atoms with E-state index >= 15 is 0 Å². The van der Waals surface area contributed by atoms with E-state index < -0.39 is 34.7 Å². The minimum Gasteiger partial charge on any atom is -0.366 e. The first kappa shape index (κ1) is 26.2. The molecule has 2 fully saturated rings. The minimum atomic E-state index is -1.07. The summed E-state index contributed by atoms with van der Waals surface area (Å²) in [6.45, 7) is 1.77. The Morgan fingerprint density at radius 1 is 1.07 bits per heavy atom. The first-order chi connectivity index (χ1) is 20.1. The van der Waals surface area contributed by atoms with E-state index in [1.807, 2.05) is 19.1 Å². The molecule has 1 saturated heterocycles. The summed E-state index contributed by atoms with van der Waals surface area (Å²) in [6.07, 6.45) is 2.98. The number of primary amides is 2. The fraction of sp³-hybridized carbons (Fsp3) is 0.400. The topological polar surface area (TPSA) is 190 Å². The number of hydrogen-bond donors (Lipinski definition) is 3. The van der Waals surface area contributed by atoms with Crippen molar-refractivity contribution >= 4 is 17.7 Å². The standard InChI is InChI=1S/C30H29N7O5/c1-29(34-13-24(38)36-20(12-31)10-19-11-23(19)36)14-30(27-35-28(41)42-37(27)29)21-6-4-17(25(32)39)8-15(21)2-3-16-9-18(26(33)40)5-7-22(16)30/h4-9,19-20,23,34H,2-3,10-11,13-14H2,1H3,(H2,32,39)(H2,33,40)/t19-,20?,23+,29+/m1/s1. The predicted molar refractivity (Wildman–Crippen MR) is 147 cm³/mol. The van der Waals surface area contributed by atoms with Crippen LogP contribution in [0.2, 0.25) is 0 Å². The molecule has 3 aromatic rings. The number of benzene rings is 2. The number of nitriles is 1. The highest BCUT2D eigenvalue weighted by atomic mass is 16.5. The van der Waals surface area contributed by atoms with Gasteiger partial charge >= 0.3 is 5.76 Å². The Morgan fingerprint density at radius 2 is 1.69 bits per heavy atom. The van der Waals surface area contributed by atoms with E-state index in [-0.39, 0.29) is 18.5 Å². The molecule has 3 amide bonds. The van der Waals surface area contributed by atoms with Crippen LogP contribution in [-0.2, 0) is 28.7 Å². The third kappa shape index (κ3) is 3.66. The van der Waals surface area contributed by atoms with E-state index in [1.165, 1.54) is 4.74 Å². The molecule has 0 radical (unpaired) electrons. The average Bonchev–Trinajstić information content (AvgIpc) is 3.38. The number of nitrogens with zero attached hydrogens (tertiary/aromatic N) is 4. The molecule has 12 nitrogen and oxygen atoms in total. The Morgan fingerprint density at radius 3 is 2.26 bits per heavy atom. The van der Waals surface area contributed by atoms with E-state index in [9.17, 15) is 24.4 Å². The number of rotatable bonds is 5. The Labute approximate surface area is 240 Å². The number of hydrogen-bond acceptors (Lipinski definition) is 8. The summed E-state index contributed by atoms with van der Waals surface area (Å²) in [5.41, 5.74) is 13.2. The summed E-state index contributed by atoms with van der Waals surface area (Å²) < 4.78 is 7.10. The Balaban J connectivity index is 1.36. The second kappa shape index (κ2) is 8.87. The van der Waals surface area contributed by atoms with Crippen LogP contribution in [0.15, 0.2) is 45.7 Å². The molecule has 2 aliphatic heterocycles. The highest BCUT2D eigenvalue weighted by Gasteiger charge is 2.58. The van der Waals surface area contributed by atoms with Crippen LogP contribution in [0.25, 0.3) is 0 Å². The van der Waals surface area contributed by atoms with E-state index in [0.717, 1.165) is 28.7 Å². The molecule has 5 N–H and O–H groups in total. The fourth-order valence-corrected chi connectivity index (χ4v) is 7.55. The average molecular weight is 568 g/mol. The van der Waals surface area contributed by atoms with Gasteiger partial charge in [-0.15, -0.1) is 0 Å². The van der Waals surface area contributed by atoms with Crippen LogP contribution >= 0.6 is 0 Å². The molecular formula is C30H29N7O5. The molecule has 1 spiro atoms. The maximum Gasteiger partial charge on any atom is 0.460 e. The summed E-state index contributed by atoms with van der Waals surface area (Å²) in [5.74, 6) is -1.36. The van der Waals surface area contributed by atoms with Gasteiger partial charge < -0.3 is 20.9 Å². The van der Waals surface area contributed by atoms with Crippen molar-refractivity contribution in [3.63, 3.8) is 0 Å². The zero-order valence-electron chi connectivity index (χ0n) is 22.9. The number of carbonyl (C=O) groups excluding carboxylic acids is 3. The van der Waals surface area contributed by atoms with Crippen molar-refractivity contribution < 1.29 is 18.9 Å². The number of carbonyl (C=O) groups is 3. The summed E-state index contributed by atoms with van der Waals surface area (Å²) >= 11 is 0. The van der Waals surface area contributed by atoms with Crippen molar-refractivity contribution in [3.05, 3.63) is 86.2 Å². The molecular weight excluding hydrogens is 538 g/mol. The Hall–Kier alpha value is -4.76. The summed E-state index contributed by atoms with van der Waals surface area (Å²) in [6, 6.07) is 12.4. The number of amides is 3. The van der Waals surface area contributed by atoms with E-state index in [4.69, 9.17) is 16.0 Å². The third-order valence-corrected chi connectivity index (χ3v) is 9.52. The van der Waals surface area contributed by atoms with Crippen molar-refractivity contribution in [2.24, 2.45) is 17.4 Å². The maximum absolute atomic E-state index is 13.4. The second-order valence-corrected chi connectivity index (χ2v) is 12.0. The van der Waals surface area contributed by atoms with Gasteiger partial charge in [0.15, 0.2) is 5.82 Å². The number of aromatic nitrogens is 2. The number of aryl methyl sites for hydroxylation is 2. The van der Waals surface area contributed by atoms with Crippen molar-refractivity contribution in [1.29, 1.82) is 5.26 Å². The SMILES string of the molecule is C[C@@]1(NCC(=O)N2C(C#N)C[C@@H]3C[C@@H]32)CC2(c3ccc(C(N)=O)cc3CCc3cc(C(N)=O)ccc32)c2nc(=O)on21. The third-order valence-electron chi connectivity index (χ3n) is 9.52. The summed E-state index contributed by atoms with van der Waals surface area (Å²) in [5, 5.41) is 12.9. The first-order valence-corrected chi connectivity index (χ1v) is 14.0. The van der Waals surface area contributed by atoms with Crippen LogP contribution in [-0.4, -0.2) is 51.0 Å². The first-order valence-electron chi connectivity index (χ1n) is 14.0. The number of likely N-dealkylation sites (tertiary alicyclic amines) is 1. The fourth-order valence-electron chi connectivity index (χ4n) is 7.55. The molecule has 42 heavy (non-hydrogen) atoms. The smallest absolute Gasteiger partial charge is 0.366 e. The molecule has 2 aliphatic carbocycles. The van der Waals surface area contributed by atoms with E-state index in [2.05, 4.69) is 16.4 Å². The van der Waals surface area contributed by atoms with Crippen LogP contribution in [0.1, 0.15) is 75.0 Å². The zero-order chi connectivity index (χ0) is 29.6. The van der Waals surface area contributed by atoms with Gasteiger partial charge in [-0.25, -0.2) is 4.79 Å². The predicted octanol–water partition coefficient (Wildman–Crippen LogP) is 0.646. The lowest BCUT2D eigenvalue weighted by Gasteiger charge is -2.34. The van der Waals surface area contributed by atoms with E-state index in [0.29, 0.717) is 48.6 Å². The summed E-state index contributed by atoms with van der Waals surface area (Å²) in [7, 11) is 0. The van der Waals surface area contributed by atoms with Crippen LogP contribution in [0.5, 0.6) is 0 Å². The molecule has 4 atom stereocenters. The van der Waals surface area contributed by atoms with E-state index in [1.54, 1.807) is 29.2 Å². The molecule has 4 aliphatic rings. The maximum atomic E-state index is 13.4. The van der Waals surface area contributed by atoms with Crippen LogP contribution in [0.3, 0.4) is 0 Å². The zero-order valence-corrected chi connectivity index (χ0v) is 22.9. The monoisotopic (exact) mass is 567 g/mol. The van der Waals surface area contributed by atoms with Gasteiger partial charge in [-0.3, -0.25) is 19.7 Å². The van der Waals surface area contributed by atoms with Crippen molar-refractivity contribution in [2.45, 2.75) is 62.2 Å². The van der Waals surface area contributed by atoms with Crippen molar-refractivity contribution in [2.75, 3.05) is 6.54 Å². The lowest BCUT2D eigenvalue weighted by atomic mass is 9.69. The van der Waals surface area contributed by atoms with Crippen LogP contribution in [0.4, 0.5) is 0 Å².